The number of hydrogen-bond acceptors (Lipinski definition) is 27. The topological polar surface area (TPSA) is 501 Å². The van der Waals surface area contributed by atoms with E-state index in [1.54, 1.807) is 38.1 Å². The Bertz CT molecular complexity index is 4770. The summed E-state index contributed by atoms with van der Waals surface area (Å²) in [5.74, 6) is -1.48. The van der Waals surface area contributed by atoms with Gasteiger partial charge in [-0.1, -0.05) is 29.5 Å². The monoisotopic (exact) mass is 1310 g/mol. The van der Waals surface area contributed by atoms with Gasteiger partial charge in [0.1, 0.15) is 33.5 Å². The number of aliphatic hydroxyl groups is 1. The maximum atomic E-state index is 12.4. The van der Waals surface area contributed by atoms with Gasteiger partial charge in [-0.05, 0) is 91.9 Å². The number of nitriles is 1. The SMILES string of the molecule is CS(=O)(=O)O.Cc1cc(N=Nc2c(C)c(C#N)c3nc4ccccc4n3c2O)c(OCCCS(=O)(=O)O)cc1N=Nc1cc(CO)c(N=Nc2nc3c(S(=O)(=O)O)cc4ccc(S(=O)(=O)O)cc4c3s2)cc1SCCCS(=O)(=O)O.O=S(=O)=O. The summed E-state index contributed by atoms with van der Waals surface area (Å²) in [7, 11) is -25.0. The Morgan fingerprint density at radius 3 is 1.98 bits per heavy atom. The lowest BCUT2D eigenvalue weighted by molar-refractivity contribution is 0.282. The molecule has 0 amide bonds. The molecule has 0 saturated heterocycles. The van der Waals surface area contributed by atoms with Crippen molar-refractivity contribution >= 4 is 156 Å². The second kappa shape index (κ2) is 26.7. The molecule has 3 heterocycles. The predicted molar refractivity (Wildman–Crippen MR) is 302 cm³/mol. The number of para-hydroxylation sites is 2. The molecule has 31 nitrogen and oxygen atoms in total. The van der Waals surface area contributed by atoms with E-state index in [0.29, 0.717) is 27.7 Å². The molecule has 8 rings (SSSR count). The maximum absolute atomic E-state index is 12.4. The number of nitrogens with zero attached hydrogens (tertiary/aromatic N) is 10. The van der Waals surface area contributed by atoms with Crippen molar-refractivity contribution in [2.75, 3.05) is 30.1 Å². The summed E-state index contributed by atoms with van der Waals surface area (Å²) >= 11 is 1.84. The first-order valence-corrected chi connectivity index (χ1v) is 33.7. The van der Waals surface area contributed by atoms with Crippen LogP contribution in [0.25, 0.3) is 37.7 Å². The van der Waals surface area contributed by atoms with Crippen LogP contribution < -0.4 is 4.74 Å². The fourth-order valence-corrected chi connectivity index (χ4v) is 11.8. The molecule has 84 heavy (non-hydrogen) atoms. The van der Waals surface area contributed by atoms with E-state index in [-0.39, 0.29) is 114 Å². The lowest BCUT2D eigenvalue weighted by atomic mass is 10.1. The van der Waals surface area contributed by atoms with Crippen molar-refractivity contribution in [3.63, 3.8) is 0 Å². The zero-order chi connectivity index (χ0) is 62.3. The number of pyridine rings is 1. The standard InChI is InChI=1S/C44H38N10O15S6.CH4O3S.O3S/c1-23-15-33(50-52-39-24(2)29(21-45)42-46-30-7-3-4-8-35(30)54(42)43(39)56)36(69-11-5-13-72(57,58)59)19-31(23)48-51-34-16-26(22-55)32(20-37(34)70-12-6-14-73(60,61)62)49-53-44-47-40-38(75(66,67)68)17-25-9-10-27(74(63,64)65)18-28(25)41(40)71-44;1-5(2,3)4;1-4(2)3/h3-4,7-10,15-20,55-56H,5-6,11-14,22H2,1-2H3,(H,57,58,59)(H,60,61,62)(H,63,64,65)(H,66,67,68);1H3,(H,2,3,4);. The van der Waals surface area contributed by atoms with Gasteiger partial charge in [-0.3, -0.25) is 27.2 Å². The van der Waals surface area contributed by atoms with Crippen LogP contribution in [0.4, 0.5) is 33.6 Å². The predicted octanol–water partition coefficient (Wildman–Crippen LogP) is 8.20. The Hall–Kier alpha value is -7.43. The number of hydrogen-bond donors (Lipinski definition) is 7. The van der Waals surface area contributed by atoms with Gasteiger partial charge in [0.05, 0.1) is 68.7 Å². The highest BCUT2D eigenvalue weighted by atomic mass is 32.2. The van der Waals surface area contributed by atoms with E-state index in [1.807, 2.05) is 0 Å². The molecule has 0 saturated carbocycles. The third-order valence-corrected chi connectivity index (χ3v) is 16.4. The molecule has 8 aromatic rings. The van der Waals surface area contributed by atoms with Crippen LogP contribution >= 0.6 is 23.1 Å². The minimum atomic E-state index is -4.89. The molecule has 0 radical (unpaired) electrons. The lowest BCUT2D eigenvalue weighted by Gasteiger charge is -2.12. The molecule has 0 unspecified atom stereocenters. The van der Waals surface area contributed by atoms with Crippen molar-refractivity contribution in [2.24, 2.45) is 30.7 Å². The highest BCUT2D eigenvalue weighted by molar-refractivity contribution is 7.99. The van der Waals surface area contributed by atoms with Gasteiger partial charge in [0.25, 0.3) is 50.6 Å². The van der Waals surface area contributed by atoms with Crippen molar-refractivity contribution < 1.29 is 92.4 Å². The van der Waals surface area contributed by atoms with Gasteiger partial charge in [0.2, 0.25) is 11.0 Å². The third-order valence-electron chi connectivity index (χ3n) is 11.0. The molecule has 0 spiro atoms. The molecule has 3 aromatic heterocycles. The first-order chi connectivity index (χ1) is 39.1. The molecule has 0 atom stereocenters. The van der Waals surface area contributed by atoms with E-state index >= 15 is 0 Å². The van der Waals surface area contributed by atoms with Gasteiger partial charge in [0.15, 0.2) is 11.3 Å². The number of aryl methyl sites for hydroxylation is 1. The maximum Gasteiger partial charge on any atom is 0.425 e. The Balaban J connectivity index is 0.00000117. The van der Waals surface area contributed by atoms with E-state index in [2.05, 4.69) is 46.7 Å². The number of aromatic nitrogens is 3. The van der Waals surface area contributed by atoms with Crippen molar-refractivity contribution in [3.8, 4) is 17.7 Å². The van der Waals surface area contributed by atoms with Crippen molar-refractivity contribution in [3.05, 3.63) is 95.1 Å². The smallest absolute Gasteiger partial charge is 0.425 e. The normalized spacial score (nSPS) is 12.5. The van der Waals surface area contributed by atoms with Crippen LogP contribution in [-0.4, -0.2) is 132 Å². The first-order valence-electron chi connectivity index (χ1n) is 22.9. The fraction of sp³-hybridized carbons (Fsp3) is 0.222. The molecule has 0 aliphatic heterocycles. The molecule has 7 N–H and O–H groups in total. The quantitative estimate of drug-likeness (QED) is 0.0173. The van der Waals surface area contributed by atoms with Crippen LogP contribution in [0.15, 0.2) is 118 Å². The van der Waals surface area contributed by atoms with E-state index in [1.165, 1.54) is 34.7 Å². The minimum Gasteiger partial charge on any atom is -0.493 e. The van der Waals surface area contributed by atoms with Gasteiger partial charge in [0, 0.05) is 27.5 Å². The number of rotatable bonds is 19. The largest absolute Gasteiger partial charge is 0.493 e. The number of thiazole rings is 1. The Morgan fingerprint density at radius 2 is 1.36 bits per heavy atom. The average Bonchev–Trinajstić information content (AvgIpc) is 2.94. The van der Waals surface area contributed by atoms with Gasteiger partial charge in [-0.2, -0.15) is 52.5 Å². The minimum absolute atomic E-state index is 0.00233. The van der Waals surface area contributed by atoms with E-state index < -0.39 is 89.1 Å². The van der Waals surface area contributed by atoms with Crippen LogP contribution in [0, 0.1) is 25.2 Å². The van der Waals surface area contributed by atoms with Crippen LogP contribution in [0.3, 0.4) is 0 Å². The summed E-state index contributed by atoms with van der Waals surface area (Å²) in [5.41, 5.74) is 2.17. The Kier molecular flexibility index (Phi) is 20.9. The second-order valence-corrected chi connectivity index (χ2v) is 27.1. The second-order valence-electron chi connectivity index (χ2n) is 17.2. The van der Waals surface area contributed by atoms with E-state index in [4.69, 9.17) is 21.9 Å². The van der Waals surface area contributed by atoms with Gasteiger partial charge < -0.3 is 14.9 Å². The van der Waals surface area contributed by atoms with Crippen LogP contribution in [0.2, 0.25) is 0 Å². The third kappa shape index (κ3) is 17.6. The summed E-state index contributed by atoms with van der Waals surface area (Å²) in [4.78, 5) is 7.93. The number of fused-ring (bicyclic) bond motifs is 6. The van der Waals surface area contributed by atoms with Crippen LogP contribution in [0.5, 0.6) is 11.6 Å². The Labute approximate surface area is 486 Å². The summed E-state index contributed by atoms with van der Waals surface area (Å²) in [6, 6.07) is 19.2. The van der Waals surface area contributed by atoms with Crippen molar-refractivity contribution in [2.45, 2.75) is 48.0 Å². The zero-order valence-corrected chi connectivity index (χ0v) is 49.5. The highest BCUT2D eigenvalue weighted by Crippen LogP contribution is 2.44. The number of benzene rings is 5. The molecule has 5 aromatic carbocycles. The summed E-state index contributed by atoms with van der Waals surface area (Å²) in [5, 5.41) is 58.3. The van der Waals surface area contributed by atoms with Gasteiger partial charge in [-0.15, -0.1) is 50.0 Å². The number of aliphatic hydroxyl groups excluding tert-OH is 1. The van der Waals surface area contributed by atoms with E-state index in [9.17, 15) is 75.8 Å². The zero-order valence-electron chi connectivity index (χ0n) is 43.0. The Morgan fingerprint density at radius 1 is 0.738 bits per heavy atom. The number of thioether (sulfide) groups is 1. The summed E-state index contributed by atoms with van der Waals surface area (Å²) in [6.07, 6.45) is 0.539. The van der Waals surface area contributed by atoms with Crippen molar-refractivity contribution in [1.29, 1.82) is 5.26 Å². The first kappa shape index (κ1) is 65.7. The summed E-state index contributed by atoms with van der Waals surface area (Å²) < 4.78 is 192. The van der Waals surface area contributed by atoms with E-state index in [0.717, 1.165) is 41.3 Å². The molecule has 446 valence electrons. The molecular formula is C45H42N10O21S8. The number of imidazole rings is 1. The van der Waals surface area contributed by atoms with Gasteiger partial charge >= 0.3 is 10.6 Å². The van der Waals surface area contributed by atoms with Crippen LogP contribution in [-0.2, 0) is 67.8 Å². The summed E-state index contributed by atoms with van der Waals surface area (Å²) in [6.45, 7) is 2.30. The number of ether oxygens (including phenoxy) is 1. The average molecular weight is 1320 g/mol. The van der Waals surface area contributed by atoms with Gasteiger partial charge in [-0.25, -0.2) is 9.97 Å². The highest BCUT2D eigenvalue weighted by Gasteiger charge is 2.24. The molecule has 0 bridgehead atoms. The molecule has 0 aliphatic rings. The molecular weight excluding hydrogens is 1270 g/mol. The molecule has 0 aliphatic carbocycles. The van der Waals surface area contributed by atoms with Crippen molar-refractivity contribution in [1.82, 2.24) is 14.4 Å². The fourth-order valence-electron chi connectivity index (χ4n) is 7.48. The molecule has 39 heteroatoms. The number of aromatic hydroxyl groups is 1. The molecule has 0 fully saturated rings. The lowest BCUT2D eigenvalue weighted by Crippen LogP contribution is -2.08. The van der Waals surface area contributed by atoms with Crippen LogP contribution in [0.1, 0.15) is 35.1 Å². The number of azo groups is 3.